The molecule has 2 aromatic carbocycles. The average Bonchev–Trinajstić information content (AvgIpc) is 3.26. The Bertz CT molecular complexity index is 2320. The van der Waals surface area contributed by atoms with Crippen LogP contribution in [0.1, 0.15) is 94.1 Å². The van der Waals surface area contributed by atoms with Crippen LogP contribution in [0.2, 0.25) is 5.15 Å². The average molecular weight is 837 g/mol. The molecule has 9 nitrogen and oxygen atoms in total. The molecule has 2 N–H and O–H groups in total. The molecule has 0 saturated carbocycles. The first kappa shape index (κ1) is 44.6. The maximum atomic E-state index is 13.3. The van der Waals surface area contributed by atoms with E-state index >= 15 is 0 Å². The number of carbonyl (C=O) groups is 2. The molecule has 6 aromatic rings. The minimum atomic E-state index is -0.271. The number of nitrogens with zero attached hydrogens (tertiary/aromatic N) is 5. The van der Waals surface area contributed by atoms with Gasteiger partial charge in [0.1, 0.15) is 11.0 Å². The van der Waals surface area contributed by atoms with Crippen LogP contribution in [0.15, 0.2) is 122 Å². The highest BCUT2D eigenvalue weighted by molar-refractivity contribution is 6.29. The van der Waals surface area contributed by atoms with Gasteiger partial charge >= 0.3 is 0 Å². The van der Waals surface area contributed by atoms with Crippen molar-refractivity contribution in [2.75, 3.05) is 28.6 Å². The maximum Gasteiger partial charge on any atom is 0.231 e. The lowest BCUT2D eigenvalue weighted by molar-refractivity contribution is -0.118. The number of benzene rings is 2. The number of piperidine rings is 1. The summed E-state index contributed by atoms with van der Waals surface area (Å²) in [5.74, 6) is 1.28. The molecule has 7 rings (SSSR count). The number of halogens is 1. The Morgan fingerprint density at radius 2 is 1.03 bits per heavy atom. The summed E-state index contributed by atoms with van der Waals surface area (Å²) in [4.78, 5) is 45.9. The summed E-state index contributed by atoms with van der Waals surface area (Å²) in [6.45, 7) is 14.6. The topological polar surface area (TPSA) is 113 Å². The van der Waals surface area contributed by atoms with E-state index < -0.39 is 0 Å². The number of carbonyl (C=O) groups excluding carboxylic acids is 2. The van der Waals surface area contributed by atoms with E-state index in [1.807, 2.05) is 99.0 Å². The highest BCUT2D eigenvalue weighted by Crippen LogP contribution is 2.30. The highest BCUT2D eigenvalue weighted by atomic mass is 35.5. The van der Waals surface area contributed by atoms with Crippen LogP contribution >= 0.6 is 11.6 Å². The number of aromatic nitrogens is 4. The Morgan fingerprint density at radius 1 is 0.574 bits per heavy atom. The van der Waals surface area contributed by atoms with Crippen molar-refractivity contribution < 1.29 is 9.59 Å². The highest BCUT2D eigenvalue weighted by Gasteiger charge is 2.24. The molecule has 1 aliphatic heterocycles. The fourth-order valence-electron chi connectivity index (χ4n) is 7.64. The molecular weight excluding hydrogens is 778 g/mol. The van der Waals surface area contributed by atoms with Crippen molar-refractivity contribution in [1.29, 1.82) is 0 Å². The van der Waals surface area contributed by atoms with E-state index in [1.165, 1.54) is 19.3 Å². The first-order chi connectivity index (χ1) is 29.4. The number of rotatable bonds is 13. The monoisotopic (exact) mass is 835 g/mol. The van der Waals surface area contributed by atoms with Crippen LogP contribution in [0, 0.1) is 25.7 Å². The summed E-state index contributed by atoms with van der Waals surface area (Å²) < 4.78 is 0. The first-order valence-electron chi connectivity index (χ1n) is 21.4. The second-order valence-corrected chi connectivity index (χ2v) is 17.2. The first-order valence-corrected chi connectivity index (χ1v) is 21.8. The zero-order chi connectivity index (χ0) is 43.3. The van der Waals surface area contributed by atoms with Gasteiger partial charge in [0.25, 0.3) is 0 Å². The lowest BCUT2D eigenvalue weighted by Gasteiger charge is -2.28. The van der Waals surface area contributed by atoms with Crippen LogP contribution in [-0.4, -0.2) is 44.8 Å². The minimum absolute atomic E-state index is 0.0173. The normalized spacial score (nSPS) is 13.6. The van der Waals surface area contributed by atoms with E-state index in [4.69, 9.17) is 16.6 Å². The van der Waals surface area contributed by atoms with Gasteiger partial charge in [0.2, 0.25) is 11.8 Å². The van der Waals surface area contributed by atoms with Gasteiger partial charge in [0.05, 0.1) is 11.8 Å². The molecule has 0 aliphatic carbocycles. The Hall–Kier alpha value is -5.93. The Balaban J connectivity index is 0.000000207. The van der Waals surface area contributed by atoms with Crippen molar-refractivity contribution in [1.82, 2.24) is 19.9 Å². The molecule has 61 heavy (non-hydrogen) atoms. The molecule has 4 aromatic heterocycles. The molecule has 5 heterocycles. The van der Waals surface area contributed by atoms with E-state index in [1.54, 1.807) is 18.5 Å². The smallest absolute Gasteiger partial charge is 0.231 e. The predicted molar refractivity (Wildman–Crippen MR) is 250 cm³/mol. The number of hydrogen-bond acceptors (Lipinski definition) is 7. The van der Waals surface area contributed by atoms with Gasteiger partial charge in [0.15, 0.2) is 0 Å². The molecule has 10 heteroatoms. The van der Waals surface area contributed by atoms with Crippen molar-refractivity contribution in [3.05, 3.63) is 150 Å². The SMILES string of the molecule is Cc1cc(-c2ccc(NC(=O)C(CC(C)C)c3ccc(Cl)nc3)cc2)ccn1.Cc1cc(-c2ccc(NC(=O)C(CC(C)C)c3ccc(N4CCCCC4)nc3)cc2)ccn1. The predicted octanol–water partition coefficient (Wildman–Crippen LogP) is 12.1. The van der Waals surface area contributed by atoms with Gasteiger partial charge in [-0.15, -0.1) is 0 Å². The van der Waals surface area contributed by atoms with E-state index in [0.29, 0.717) is 17.0 Å². The van der Waals surface area contributed by atoms with Crippen LogP contribution in [0.25, 0.3) is 22.3 Å². The number of nitrogens with one attached hydrogen (secondary N) is 2. The van der Waals surface area contributed by atoms with Gasteiger partial charge in [-0.25, -0.2) is 9.97 Å². The lowest BCUT2D eigenvalue weighted by atomic mass is 9.90. The van der Waals surface area contributed by atoms with Crippen LogP contribution in [0.3, 0.4) is 0 Å². The Kier molecular flexibility index (Phi) is 15.8. The number of amides is 2. The van der Waals surface area contributed by atoms with E-state index in [2.05, 4.69) is 76.4 Å². The van der Waals surface area contributed by atoms with Crippen molar-refractivity contribution >= 4 is 40.6 Å². The molecule has 316 valence electrons. The number of anilines is 3. The summed E-state index contributed by atoms with van der Waals surface area (Å²) in [7, 11) is 0. The van der Waals surface area contributed by atoms with Crippen LogP contribution in [0.4, 0.5) is 17.2 Å². The second kappa shape index (κ2) is 21.5. The molecule has 1 fully saturated rings. The van der Waals surface area contributed by atoms with Crippen LogP contribution < -0.4 is 15.5 Å². The van der Waals surface area contributed by atoms with Crippen LogP contribution in [0.5, 0.6) is 0 Å². The summed E-state index contributed by atoms with van der Waals surface area (Å²) in [5, 5.41) is 6.59. The van der Waals surface area contributed by atoms with Gasteiger partial charge < -0.3 is 15.5 Å². The molecule has 1 aliphatic rings. The fourth-order valence-corrected chi connectivity index (χ4v) is 7.75. The van der Waals surface area contributed by atoms with Crippen molar-refractivity contribution in [3.8, 4) is 22.3 Å². The molecule has 0 radical (unpaired) electrons. The largest absolute Gasteiger partial charge is 0.357 e. The van der Waals surface area contributed by atoms with Crippen molar-refractivity contribution in [2.45, 2.75) is 85.5 Å². The van der Waals surface area contributed by atoms with Gasteiger partial charge in [-0.1, -0.05) is 75.7 Å². The summed E-state index contributed by atoms with van der Waals surface area (Å²) >= 11 is 5.89. The van der Waals surface area contributed by atoms with Crippen LogP contribution in [-0.2, 0) is 9.59 Å². The Morgan fingerprint density at radius 3 is 1.43 bits per heavy atom. The number of aryl methyl sites for hydroxylation is 2. The molecule has 1 saturated heterocycles. The summed E-state index contributed by atoms with van der Waals surface area (Å²) in [6, 6.07) is 31.7. The molecule has 2 amide bonds. The maximum absolute atomic E-state index is 13.3. The summed E-state index contributed by atoms with van der Waals surface area (Å²) in [5.41, 5.74) is 9.82. The molecule has 2 unspecified atom stereocenters. The van der Waals surface area contributed by atoms with Gasteiger partial charge in [0, 0.05) is 60.6 Å². The van der Waals surface area contributed by atoms with Crippen molar-refractivity contribution in [3.63, 3.8) is 0 Å². The lowest BCUT2D eigenvalue weighted by Crippen LogP contribution is -2.30. The zero-order valence-corrected chi connectivity index (χ0v) is 37.0. The van der Waals surface area contributed by atoms with E-state index in [-0.39, 0.29) is 23.7 Å². The molecular formula is C51H58ClN7O2. The third kappa shape index (κ3) is 13.0. The zero-order valence-electron chi connectivity index (χ0n) is 36.2. The number of pyridine rings is 4. The molecule has 0 bridgehead atoms. The number of hydrogen-bond donors (Lipinski definition) is 2. The second-order valence-electron chi connectivity index (χ2n) is 16.8. The van der Waals surface area contributed by atoms with Gasteiger partial charge in [-0.05, 0) is 152 Å². The fraction of sp³-hybridized carbons (Fsp3) is 0.333. The van der Waals surface area contributed by atoms with Crippen molar-refractivity contribution in [2.24, 2.45) is 11.8 Å². The molecule has 0 spiro atoms. The molecule has 2 atom stereocenters. The van der Waals surface area contributed by atoms with E-state index in [9.17, 15) is 9.59 Å². The van der Waals surface area contributed by atoms with E-state index in [0.717, 1.165) is 87.9 Å². The summed E-state index contributed by atoms with van der Waals surface area (Å²) in [6.07, 6.45) is 12.5. The quantitative estimate of drug-likeness (QED) is 0.111. The van der Waals surface area contributed by atoms with Gasteiger partial charge in [-0.3, -0.25) is 19.6 Å². The minimum Gasteiger partial charge on any atom is -0.357 e. The Labute approximate surface area is 366 Å². The third-order valence-electron chi connectivity index (χ3n) is 10.8. The standard InChI is InChI=1S/C28H34N4O.C23H24ClN3O/c1-20(2)17-26(24-9-12-27(30-19-24)32-15-5-4-6-16-32)28(33)31-25-10-7-22(8-11-25)23-13-14-29-21(3)18-23;1-15(2)12-21(19-6-9-22(24)26-14-19)23(28)27-20-7-4-17(5-8-20)18-10-11-25-16(3)13-18/h7-14,18-20,26H,4-6,15-17H2,1-3H3,(H,31,33);4-11,13-15,21H,12H2,1-3H3,(H,27,28). The third-order valence-corrected chi connectivity index (χ3v) is 11.0. The van der Waals surface area contributed by atoms with Gasteiger partial charge in [-0.2, -0.15) is 0 Å².